The summed E-state index contributed by atoms with van der Waals surface area (Å²) < 4.78 is 0. The summed E-state index contributed by atoms with van der Waals surface area (Å²) in [5.74, 6) is 0. The molecule has 1 N–H and O–H groups in total. The predicted octanol–water partition coefficient (Wildman–Crippen LogP) is 1.81. The van der Waals surface area contributed by atoms with E-state index in [0.29, 0.717) is 0 Å². The van der Waals surface area contributed by atoms with E-state index in [1.165, 1.54) is 0 Å². The molecule has 0 atom stereocenters. The largest absolute Gasteiger partial charge is 0.384 e. The van der Waals surface area contributed by atoms with Crippen molar-refractivity contribution in [3.63, 3.8) is 0 Å². The molecule has 0 saturated carbocycles. The highest BCUT2D eigenvalue weighted by Crippen LogP contribution is 2.07. The van der Waals surface area contributed by atoms with Crippen LogP contribution in [0, 0.1) is 0 Å². The molecule has 0 fully saturated rings. The van der Waals surface area contributed by atoms with Gasteiger partial charge in [-0.15, -0.1) is 0 Å². The SMILES string of the molecule is C=C(NCCN(C)C)c1ccccc1. The van der Waals surface area contributed by atoms with Crippen molar-refractivity contribution in [3.05, 3.63) is 42.5 Å². The van der Waals surface area contributed by atoms with Crippen LogP contribution >= 0.6 is 0 Å². The fourth-order valence-electron chi connectivity index (χ4n) is 1.17. The van der Waals surface area contributed by atoms with E-state index >= 15 is 0 Å². The van der Waals surface area contributed by atoms with Crippen molar-refractivity contribution in [1.29, 1.82) is 0 Å². The fourth-order valence-corrected chi connectivity index (χ4v) is 1.17. The monoisotopic (exact) mass is 190 g/mol. The zero-order valence-corrected chi connectivity index (χ0v) is 8.96. The Balaban J connectivity index is 2.36. The van der Waals surface area contributed by atoms with Crippen molar-refractivity contribution in [3.8, 4) is 0 Å². The highest BCUT2D eigenvalue weighted by molar-refractivity contribution is 5.61. The summed E-state index contributed by atoms with van der Waals surface area (Å²) in [4.78, 5) is 2.14. The standard InChI is InChI=1S/C12H18N2/c1-11(13-9-10-14(2)3)12-7-5-4-6-8-12/h4-8,13H,1,9-10H2,2-3H3. The van der Waals surface area contributed by atoms with Crippen LogP contribution in [0.5, 0.6) is 0 Å². The molecular weight excluding hydrogens is 172 g/mol. The van der Waals surface area contributed by atoms with Crippen LogP contribution < -0.4 is 5.32 Å². The Hall–Kier alpha value is -1.28. The van der Waals surface area contributed by atoms with Gasteiger partial charge in [0.1, 0.15) is 0 Å². The normalized spacial score (nSPS) is 10.2. The van der Waals surface area contributed by atoms with E-state index in [4.69, 9.17) is 0 Å². The first kappa shape index (κ1) is 10.8. The Bertz CT molecular complexity index is 278. The van der Waals surface area contributed by atoms with Gasteiger partial charge >= 0.3 is 0 Å². The average Bonchev–Trinajstić information content (AvgIpc) is 2.18. The Morgan fingerprint density at radius 1 is 1.29 bits per heavy atom. The first-order valence-corrected chi connectivity index (χ1v) is 4.83. The number of likely N-dealkylation sites (N-methyl/N-ethyl adjacent to an activating group) is 1. The number of nitrogens with one attached hydrogen (secondary N) is 1. The lowest BCUT2D eigenvalue weighted by molar-refractivity contribution is 0.411. The molecule has 0 aliphatic rings. The van der Waals surface area contributed by atoms with Crippen LogP contribution in [0.4, 0.5) is 0 Å². The van der Waals surface area contributed by atoms with Crippen molar-refractivity contribution in [2.45, 2.75) is 0 Å². The summed E-state index contributed by atoms with van der Waals surface area (Å²) in [6.45, 7) is 5.94. The van der Waals surface area contributed by atoms with Crippen LogP contribution in [0.25, 0.3) is 5.70 Å². The van der Waals surface area contributed by atoms with Gasteiger partial charge in [0.05, 0.1) is 0 Å². The van der Waals surface area contributed by atoms with E-state index in [1.807, 2.05) is 18.2 Å². The van der Waals surface area contributed by atoms with Crippen molar-refractivity contribution in [1.82, 2.24) is 10.2 Å². The number of nitrogens with zero attached hydrogens (tertiary/aromatic N) is 1. The molecule has 0 heterocycles. The molecule has 0 aliphatic carbocycles. The molecule has 1 aromatic carbocycles. The highest BCUT2D eigenvalue weighted by atomic mass is 15.1. The van der Waals surface area contributed by atoms with Gasteiger partial charge in [0.2, 0.25) is 0 Å². The molecule has 0 spiro atoms. The number of benzene rings is 1. The molecule has 0 radical (unpaired) electrons. The zero-order valence-electron chi connectivity index (χ0n) is 8.96. The highest BCUT2D eigenvalue weighted by Gasteiger charge is 1.96. The average molecular weight is 190 g/mol. The van der Waals surface area contributed by atoms with Crippen LogP contribution in [-0.4, -0.2) is 32.1 Å². The molecule has 2 heteroatoms. The molecule has 14 heavy (non-hydrogen) atoms. The smallest absolute Gasteiger partial charge is 0.0341 e. The van der Waals surface area contributed by atoms with E-state index in [0.717, 1.165) is 24.4 Å². The van der Waals surface area contributed by atoms with Gasteiger partial charge in [0.25, 0.3) is 0 Å². The first-order valence-electron chi connectivity index (χ1n) is 4.83. The summed E-state index contributed by atoms with van der Waals surface area (Å²) in [7, 11) is 4.12. The Morgan fingerprint density at radius 2 is 1.93 bits per heavy atom. The summed E-state index contributed by atoms with van der Waals surface area (Å²) in [5.41, 5.74) is 2.15. The lowest BCUT2D eigenvalue weighted by Gasteiger charge is -2.13. The van der Waals surface area contributed by atoms with Gasteiger partial charge < -0.3 is 10.2 Å². The van der Waals surface area contributed by atoms with Crippen LogP contribution in [0.3, 0.4) is 0 Å². The van der Waals surface area contributed by atoms with Crippen LogP contribution in [0.2, 0.25) is 0 Å². The third kappa shape index (κ3) is 3.62. The number of hydrogen-bond donors (Lipinski definition) is 1. The molecule has 2 nitrogen and oxygen atoms in total. The fraction of sp³-hybridized carbons (Fsp3) is 0.333. The van der Waals surface area contributed by atoms with Gasteiger partial charge in [-0.3, -0.25) is 0 Å². The summed E-state index contributed by atoms with van der Waals surface area (Å²) in [6.07, 6.45) is 0. The van der Waals surface area contributed by atoms with Crippen molar-refractivity contribution in [2.24, 2.45) is 0 Å². The zero-order chi connectivity index (χ0) is 10.4. The second kappa shape index (κ2) is 5.45. The minimum Gasteiger partial charge on any atom is -0.384 e. The maximum absolute atomic E-state index is 3.99. The molecule has 0 amide bonds. The van der Waals surface area contributed by atoms with Gasteiger partial charge in [-0.05, 0) is 19.7 Å². The third-order valence-corrected chi connectivity index (χ3v) is 2.02. The molecular formula is C12H18N2. The molecule has 0 aliphatic heterocycles. The summed E-state index contributed by atoms with van der Waals surface area (Å²) >= 11 is 0. The first-order chi connectivity index (χ1) is 6.70. The van der Waals surface area contributed by atoms with Crippen molar-refractivity contribution >= 4 is 5.70 Å². The van der Waals surface area contributed by atoms with E-state index in [-0.39, 0.29) is 0 Å². The van der Waals surface area contributed by atoms with Crippen LogP contribution in [0.1, 0.15) is 5.56 Å². The molecule has 76 valence electrons. The summed E-state index contributed by atoms with van der Waals surface area (Å²) in [5, 5.41) is 3.29. The third-order valence-electron chi connectivity index (χ3n) is 2.02. The Kier molecular flexibility index (Phi) is 4.20. The van der Waals surface area contributed by atoms with Crippen molar-refractivity contribution in [2.75, 3.05) is 27.2 Å². The molecule has 0 saturated heterocycles. The van der Waals surface area contributed by atoms with E-state index in [1.54, 1.807) is 0 Å². The molecule has 1 aromatic rings. The Morgan fingerprint density at radius 3 is 2.50 bits per heavy atom. The quantitative estimate of drug-likeness (QED) is 0.761. The number of rotatable bonds is 5. The maximum atomic E-state index is 3.99. The van der Waals surface area contributed by atoms with Crippen molar-refractivity contribution < 1.29 is 0 Å². The second-order valence-corrected chi connectivity index (χ2v) is 3.57. The Labute approximate surface area is 86.2 Å². The van der Waals surface area contributed by atoms with Gasteiger partial charge in [-0.25, -0.2) is 0 Å². The van der Waals surface area contributed by atoms with Crippen LogP contribution in [0.15, 0.2) is 36.9 Å². The minimum absolute atomic E-state index is 0.931. The predicted molar refractivity (Wildman–Crippen MR) is 62.0 cm³/mol. The van der Waals surface area contributed by atoms with Gasteiger partial charge in [0.15, 0.2) is 0 Å². The molecule has 0 bridgehead atoms. The van der Waals surface area contributed by atoms with Gasteiger partial charge in [-0.1, -0.05) is 36.9 Å². The summed E-state index contributed by atoms with van der Waals surface area (Å²) in [6, 6.07) is 10.2. The van der Waals surface area contributed by atoms with E-state index in [2.05, 4.69) is 43.0 Å². The van der Waals surface area contributed by atoms with Gasteiger partial charge in [0, 0.05) is 18.8 Å². The topological polar surface area (TPSA) is 15.3 Å². The molecule has 0 aromatic heterocycles. The minimum atomic E-state index is 0.931. The van der Waals surface area contributed by atoms with Gasteiger partial charge in [-0.2, -0.15) is 0 Å². The molecule has 0 unspecified atom stereocenters. The number of hydrogen-bond acceptors (Lipinski definition) is 2. The van der Waals surface area contributed by atoms with E-state index < -0.39 is 0 Å². The van der Waals surface area contributed by atoms with E-state index in [9.17, 15) is 0 Å². The lowest BCUT2D eigenvalue weighted by atomic mass is 10.2. The molecule has 1 rings (SSSR count). The second-order valence-electron chi connectivity index (χ2n) is 3.57. The maximum Gasteiger partial charge on any atom is 0.0341 e. The lowest BCUT2D eigenvalue weighted by Crippen LogP contribution is -2.25. The van der Waals surface area contributed by atoms with Crippen LogP contribution in [-0.2, 0) is 0 Å².